The lowest BCUT2D eigenvalue weighted by atomic mass is 9.93. The van der Waals surface area contributed by atoms with E-state index in [1.807, 2.05) is 6.07 Å². The Labute approximate surface area is 102 Å². The van der Waals surface area contributed by atoms with Crippen LogP contribution in [-0.4, -0.2) is 20.2 Å². The molecule has 94 valence electrons. The molecule has 1 fully saturated rings. The predicted molar refractivity (Wildman–Crippen MR) is 66.9 cm³/mol. The number of ether oxygens (including phenoxy) is 1. The number of hydrogen-bond donors (Lipinski definition) is 1. The maximum Gasteiger partial charge on any atom is 0.165 e. The van der Waals surface area contributed by atoms with Crippen molar-refractivity contribution in [3.05, 3.63) is 29.6 Å². The molecule has 3 heteroatoms. The number of aryl methyl sites for hydroxylation is 1. The highest BCUT2D eigenvalue weighted by atomic mass is 19.1. The lowest BCUT2D eigenvalue weighted by Crippen LogP contribution is -2.29. The Balaban J connectivity index is 1.87. The molecule has 1 aromatic rings. The van der Waals surface area contributed by atoms with Gasteiger partial charge in [-0.05, 0) is 62.4 Å². The van der Waals surface area contributed by atoms with Crippen LogP contribution in [0.15, 0.2) is 18.2 Å². The molecule has 1 aromatic carbocycles. The molecule has 0 bridgehead atoms. The van der Waals surface area contributed by atoms with Crippen LogP contribution in [0.1, 0.15) is 24.8 Å². The maximum absolute atomic E-state index is 13.5. The van der Waals surface area contributed by atoms with Crippen molar-refractivity contribution in [2.75, 3.05) is 20.2 Å². The number of methoxy groups -OCH3 is 1. The summed E-state index contributed by atoms with van der Waals surface area (Å²) in [6.07, 6.45) is 4.65. The van der Waals surface area contributed by atoms with Gasteiger partial charge in [0.05, 0.1) is 7.11 Å². The Bertz CT molecular complexity index is 361. The minimum atomic E-state index is -0.258. The van der Waals surface area contributed by atoms with E-state index in [4.69, 9.17) is 4.74 Å². The summed E-state index contributed by atoms with van der Waals surface area (Å²) < 4.78 is 18.4. The van der Waals surface area contributed by atoms with Gasteiger partial charge in [-0.15, -0.1) is 0 Å². The molecule has 1 unspecified atom stereocenters. The predicted octanol–water partition coefficient (Wildman–Crippen LogP) is 2.77. The standard InChI is InChI=1S/C14H20FNO/c1-17-14-7-6-11(9-13(14)15)4-5-12-3-2-8-16-10-12/h6-7,9,12,16H,2-5,8,10H2,1H3. The quantitative estimate of drug-likeness (QED) is 0.869. The molecule has 0 saturated carbocycles. The zero-order chi connectivity index (χ0) is 12.1. The molecule has 17 heavy (non-hydrogen) atoms. The lowest BCUT2D eigenvalue weighted by molar-refractivity contribution is 0.357. The van der Waals surface area contributed by atoms with Crippen LogP contribution in [0.3, 0.4) is 0 Å². The molecule has 0 aliphatic carbocycles. The monoisotopic (exact) mass is 237 g/mol. The Kier molecular flexibility index (Phi) is 4.37. The average molecular weight is 237 g/mol. The van der Waals surface area contributed by atoms with Gasteiger partial charge in [0.15, 0.2) is 11.6 Å². The van der Waals surface area contributed by atoms with Gasteiger partial charge in [-0.2, -0.15) is 0 Å². The first-order chi connectivity index (χ1) is 8.29. The first kappa shape index (κ1) is 12.4. The third kappa shape index (κ3) is 3.43. The first-order valence-corrected chi connectivity index (χ1v) is 6.32. The van der Waals surface area contributed by atoms with Gasteiger partial charge in [-0.1, -0.05) is 6.07 Å². The minimum absolute atomic E-state index is 0.258. The second-order valence-electron chi connectivity index (χ2n) is 4.72. The van der Waals surface area contributed by atoms with Crippen molar-refractivity contribution in [3.8, 4) is 5.75 Å². The fourth-order valence-corrected chi connectivity index (χ4v) is 2.41. The highest BCUT2D eigenvalue weighted by Gasteiger charge is 2.13. The fraction of sp³-hybridized carbons (Fsp3) is 0.571. The third-order valence-electron chi connectivity index (χ3n) is 3.46. The normalized spacial score (nSPS) is 20.2. The van der Waals surface area contributed by atoms with Crippen LogP contribution in [0.5, 0.6) is 5.75 Å². The van der Waals surface area contributed by atoms with E-state index in [-0.39, 0.29) is 5.82 Å². The van der Waals surface area contributed by atoms with Crippen LogP contribution in [0.4, 0.5) is 4.39 Å². The van der Waals surface area contributed by atoms with Crippen molar-refractivity contribution in [1.29, 1.82) is 0 Å². The van der Waals surface area contributed by atoms with E-state index in [9.17, 15) is 4.39 Å². The summed E-state index contributed by atoms with van der Waals surface area (Å²) in [6.45, 7) is 2.26. The molecular formula is C14H20FNO. The molecule has 1 heterocycles. The highest BCUT2D eigenvalue weighted by Crippen LogP contribution is 2.21. The summed E-state index contributed by atoms with van der Waals surface area (Å²) in [5.41, 5.74) is 1.06. The summed E-state index contributed by atoms with van der Waals surface area (Å²) in [4.78, 5) is 0. The van der Waals surface area contributed by atoms with Crippen LogP contribution in [-0.2, 0) is 6.42 Å². The van der Waals surface area contributed by atoms with Gasteiger partial charge in [0.2, 0.25) is 0 Å². The summed E-state index contributed by atoms with van der Waals surface area (Å²) in [6, 6.07) is 5.26. The SMILES string of the molecule is COc1ccc(CCC2CCCNC2)cc1F. The summed E-state index contributed by atoms with van der Waals surface area (Å²) in [5, 5.41) is 3.41. The first-order valence-electron chi connectivity index (χ1n) is 6.32. The number of halogens is 1. The van der Waals surface area contributed by atoms with E-state index in [2.05, 4.69) is 5.32 Å². The molecular weight excluding hydrogens is 217 g/mol. The smallest absolute Gasteiger partial charge is 0.165 e. The van der Waals surface area contributed by atoms with E-state index in [1.165, 1.54) is 20.0 Å². The molecule has 2 nitrogen and oxygen atoms in total. The van der Waals surface area contributed by atoms with Crippen molar-refractivity contribution < 1.29 is 9.13 Å². The van der Waals surface area contributed by atoms with Gasteiger partial charge in [0.25, 0.3) is 0 Å². The molecule has 0 amide bonds. The Morgan fingerprint density at radius 3 is 3.00 bits per heavy atom. The van der Waals surface area contributed by atoms with Gasteiger partial charge < -0.3 is 10.1 Å². The van der Waals surface area contributed by atoms with E-state index in [0.29, 0.717) is 5.75 Å². The van der Waals surface area contributed by atoms with Crippen molar-refractivity contribution in [1.82, 2.24) is 5.32 Å². The Hall–Kier alpha value is -1.09. The lowest BCUT2D eigenvalue weighted by Gasteiger charge is -2.22. The number of benzene rings is 1. The largest absolute Gasteiger partial charge is 0.494 e. The number of piperidine rings is 1. The molecule has 1 aliphatic heterocycles. The van der Waals surface area contributed by atoms with Gasteiger partial charge in [-0.25, -0.2) is 4.39 Å². The van der Waals surface area contributed by atoms with Crippen molar-refractivity contribution in [2.45, 2.75) is 25.7 Å². The second kappa shape index (κ2) is 6.01. The van der Waals surface area contributed by atoms with Crippen molar-refractivity contribution >= 4 is 0 Å². The van der Waals surface area contributed by atoms with E-state index >= 15 is 0 Å². The number of nitrogens with one attached hydrogen (secondary N) is 1. The molecule has 0 aromatic heterocycles. The molecule has 1 atom stereocenters. The molecule has 0 radical (unpaired) electrons. The van der Waals surface area contributed by atoms with Crippen LogP contribution in [0.25, 0.3) is 0 Å². The van der Waals surface area contributed by atoms with Gasteiger partial charge in [-0.3, -0.25) is 0 Å². The van der Waals surface area contributed by atoms with Crippen LogP contribution in [0, 0.1) is 11.7 Å². The van der Waals surface area contributed by atoms with Crippen molar-refractivity contribution in [3.63, 3.8) is 0 Å². The summed E-state index contributed by atoms with van der Waals surface area (Å²) in [5.74, 6) is 0.814. The van der Waals surface area contributed by atoms with Crippen LogP contribution in [0.2, 0.25) is 0 Å². The molecule has 2 rings (SSSR count). The summed E-state index contributed by atoms with van der Waals surface area (Å²) >= 11 is 0. The minimum Gasteiger partial charge on any atom is -0.494 e. The third-order valence-corrected chi connectivity index (χ3v) is 3.46. The number of rotatable bonds is 4. The van der Waals surface area contributed by atoms with Gasteiger partial charge in [0, 0.05) is 0 Å². The Morgan fingerprint density at radius 2 is 2.35 bits per heavy atom. The number of hydrogen-bond acceptors (Lipinski definition) is 2. The zero-order valence-electron chi connectivity index (χ0n) is 10.3. The maximum atomic E-state index is 13.5. The van der Waals surface area contributed by atoms with Gasteiger partial charge in [0.1, 0.15) is 0 Å². The van der Waals surface area contributed by atoms with Crippen LogP contribution < -0.4 is 10.1 Å². The molecule has 1 N–H and O–H groups in total. The van der Waals surface area contributed by atoms with Gasteiger partial charge >= 0.3 is 0 Å². The summed E-state index contributed by atoms with van der Waals surface area (Å²) in [7, 11) is 1.49. The topological polar surface area (TPSA) is 21.3 Å². The van der Waals surface area contributed by atoms with Crippen molar-refractivity contribution in [2.24, 2.45) is 5.92 Å². The fourth-order valence-electron chi connectivity index (χ4n) is 2.41. The van der Waals surface area contributed by atoms with Crippen LogP contribution >= 0.6 is 0 Å². The highest BCUT2D eigenvalue weighted by molar-refractivity contribution is 5.29. The average Bonchev–Trinajstić information content (AvgIpc) is 2.38. The van der Waals surface area contributed by atoms with E-state index in [0.717, 1.165) is 37.4 Å². The second-order valence-corrected chi connectivity index (χ2v) is 4.72. The van der Waals surface area contributed by atoms with E-state index in [1.54, 1.807) is 12.1 Å². The molecule has 0 spiro atoms. The zero-order valence-corrected chi connectivity index (χ0v) is 10.3. The molecule has 1 saturated heterocycles. The van der Waals surface area contributed by atoms with E-state index < -0.39 is 0 Å². The molecule has 1 aliphatic rings. The Morgan fingerprint density at radius 1 is 1.47 bits per heavy atom.